The molecule has 0 unspecified atom stereocenters. The maximum atomic E-state index is 13.2. The fourth-order valence-electron chi connectivity index (χ4n) is 4.45. The van der Waals surface area contributed by atoms with E-state index in [1.165, 1.54) is 22.6 Å². The summed E-state index contributed by atoms with van der Waals surface area (Å²) in [5.74, 6) is -0.871. The average Bonchev–Trinajstić information content (AvgIpc) is 2.98. The fraction of sp³-hybridized carbons (Fsp3) is 0.682. The summed E-state index contributed by atoms with van der Waals surface area (Å²) in [6.45, 7) is 3.97. The molecule has 0 saturated heterocycles. The molecule has 29 heavy (non-hydrogen) atoms. The van der Waals surface area contributed by atoms with Crippen LogP contribution in [0.25, 0.3) is 0 Å². The number of amides is 2. The number of rotatable bonds is 7. The first-order valence-electron chi connectivity index (χ1n) is 10.8. The fourth-order valence-corrected chi connectivity index (χ4v) is 5.87. The number of thiophene rings is 1. The van der Waals surface area contributed by atoms with E-state index in [2.05, 4.69) is 17.6 Å². The lowest BCUT2D eigenvalue weighted by atomic mass is 9.88. The molecule has 0 radical (unpaired) electrons. The maximum absolute atomic E-state index is 13.2. The zero-order valence-electron chi connectivity index (χ0n) is 17.4. The van der Waals surface area contributed by atoms with Crippen LogP contribution >= 0.6 is 11.3 Å². The Kier molecular flexibility index (Phi) is 7.33. The van der Waals surface area contributed by atoms with Crippen molar-refractivity contribution in [1.29, 1.82) is 0 Å². The summed E-state index contributed by atoms with van der Waals surface area (Å²) < 4.78 is 0. The topological polar surface area (TPSA) is 95.5 Å². The van der Waals surface area contributed by atoms with Crippen LogP contribution < -0.4 is 10.6 Å². The van der Waals surface area contributed by atoms with E-state index in [1.54, 1.807) is 6.92 Å². The summed E-state index contributed by atoms with van der Waals surface area (Å²) in [5.41, 5.74) is 1.73. The number of fused-ring (bicyclic) bond motifs is 1. The van der Waals surface area contributed by atoms with E-state index < -0.39 is 5.97 Å². The van der Waals surface area contributed by atoms with Crippen LogP contribution in [-0.2, 0) is 22.4 Å². The predicted octanol–water partition coefficient (Wildman–Crippen LogP) is 4.37. The number of hydrogen-bond acceptors (Lipinski definition) is 4. The molecule has 0 spiro atoms. The Balaban J connectivity index is 1.77. The van der Waals surface area contributed by atoms with Gasteiger partial charge in [0, 0.05) is 23.8 Å². The normalized spacial score (nSPS) is 20.6. The number of carbonyl (C=O) groups excluding carboxylic acids is 2. The number of hydrogen-bond donors (Lipinski definition) is 3. The van der Waals surface area contributed by atoms with E-state index in [9.17, 15) is 14.4 Å². The number of anilines is 1. The zero-order valence-corrected chi connectivity index (χ0v) is 18.2. The largest absolute Gasteiger partial charge is 0.481 e. The molecule has 6 nitrogen and oxygen atoms in total. The molecule has 1 saturated carbocycles. The van der Waals surface area contributed by atoms with Gasteiger partial charge in [0.2, 0.25) is 5.91 Å². The smallest absolute Gasteiger partial charge is 0.303 e. The zero-order chi connectivity index (χ0) is 21.0. The number of carboxylic acid groups (broad SMARTS) is 1. The molecule has 1 aromatic rings. The van der Waals surface area contributed by atoms with Crippen molar-refractivity contribution in [3.05, 3.63) is 16.0 Å². The Hall–Kier alpha value is -1.89. The summed E-state index contributed by atoms with van der Waals surface area (Å²) in [6, 6.07) is 0.216. The lowest BCUT2D eigenvalue weighted by Crippen LogP contribution is -2.37. The molecule has 2 aliphatic carbocycles. The Morgan fingerprint density at radius 3 is 2.55 bits per heavy atom. The van der Waals surface area contributed by atoms with Crippen molar-refractivity contribution in [3.63, 3.8) is 0 Å². The molecule has 1 fully saturated rings. The number of nitrogens with one attached hydrogen (secondary N) is 2. The first kappa shape index (κ1) is 21.8. The maximum Gasteiger partial charge on any atom is 0.303 e. The van der Waals surface area contributed by atoms with Gasteiger partial charge in [-0.05, 0) is 49.5 Å². The van der Waals surface area contributed by atoms with Gasteiger partial charge < -0.3 is 15.7 Å². The van der Waals surface area contributed by atoms with Gasteiger partial charge in [-0.2, -0.15) is 0 Å². The Labute approximate surface area is 176 Å². The molecule has 2 atom stereocenters. The molecule has 2 amide bonds. The molecule has 0 bridgehead atoms. The molecule has 160 valence electrons. The molecular weight excluding hydrogens is 388 g/mol. The van der Waals surface area contributed by atoms with Crippen LogP contribution in [0.3, 0.4) is 0 Å². The van der Waals surface area contributed by atoms with Gasteiger partial charge in [-0.3, -0.25) is 14.4 Å². The van der Waals surface area contributed by atoms with Gasteiger partial charge in [0.05, 0.1) is 5.56 Å². The van der Waals surface area contributed by atoms with Crippen molar-refractivity contribution >= 4 is 34.1 Å². The van der Waals surface area contributed by atoms with Crippen LogP contribution in [0.4, 0.5) is 5.00 Å². The molecule has 0 aromatic carbocycles. The van der Waals surface area contributed by atoms with Crippen LogP contribution in [-0.4, -0.2) is 28.9 Å². The van der Waals surface area contributed by atoms with Crippen molar-refractivity contribution in [2.75, 3.05) is 5.32 Å². The molecule has 1 heterocycles. The van der Waals surface area contributed by atoms with E-state index in [1.807, 2.05) is 0 Å². The van der Waals surface area contributed by atoms with Crippen LogP contribution in [0.15, 0.2) is 0 Å². The third-order valence-corrected chi connectivity index (χ3v) is 7.16. The third kappa shape index (κ3) is 5.81. The summed E-state index contributed by atoms with van der Waals surface area (Å²) >= 11 is 1.52. The third-order valence-electron chi connectivity index (χ3n) is 5.99. The van der Waals surface area contributed by atoms with Crippen LogP contribution in [0.1, 0.15) is 86.0 Å². The predicted molar refractivity (Wildman–Crippen MR) is 115 cm³/mol. The molecule has 3 N–H and O–H groups in total. The van der Waals surface area contributed by atoms with E-state index in [0.717, 1.165) is 50.5 Å². The van der Waals surface area contributed by atoms with Crippen LogP contribution in [0, 0.1) is 11.8 Å². The number of carbonyl (C=O) groups is 3. The van der Waals surface area contributed by atoms with Crippen molar-refractivity contribution < 1.29 is 19.5 Å². The van der Waals surface area contributed by atoms with E-state index >= 15 is 0 Å². The highest BCUT2D eigenvalue weighted by molar-refractivity contribution is 7.17. The second-order valence-electron chi connectivity index (χ2n) is 8.82. The van der Waals surface area contributed by atoms with E-state index in [-0.39, 0.29) is 36.6 Å². The van der Waals surface area contributed by atoms with Crippen LogP contribution in [0.2, 0.25) is 0 Å². The standard InChI is InChI=1S/C22H32N2O4S/c1-13-8-9-16-17(10-13)29-22(24-18(25)11-14(2)12-19(26)27)20(16)21(28)23-15-6-4-3-5-7-15/h13-15H,3-12H2,1-2H3,(H,23,28)(H,24,25)(H,26,27)/t13-,14-/m0/s1. The second kappa shape index (κ2) is 9.74. The van der Waals surface area contributed by atoms with Crippen molar-refractivity contribution in [3.8, 4) is 0 Å². The molecule has 2 aliphatic rings. The highest BCUT2D eigenvalue weighted by Crippen LogP contribution is 2.40. The summed E-state index contributed by atoms with van der Waals surface area (Å²) in [5, 5.41) is 15.7. The number of carboxylic acids is 1. The van der Waals surface area contributed by atoms with Crippen molar-refractivity contribution in [2.24, 2.45) is 11.8 Å². The van der Waals surface area contributed by atoms with Crippen molar-refractivity contribution in [2.45, 2.75) is 84.1 Å². The lowest BCUT2D eigenvalue weighted by molar-refractivity contribution is -0.138. The quantitative estimate of drug-likeness (QED) is 0.610. The van der Waals surface area contributed by atoms with Gasteiger partial charge in [0.1, 0.15) is 5.00 Å². The molecule has 3 rings (SSSR count). The lowest BCUT2D eigenvalue weighted by Gasteiger charge is -2.24. The molecule has 1 aromatic heterocycles. The Morgan fingerprint density at radius 2 is 1.86 bits per heavy atom. The minimum Gasteiger partial charge on any atom is -0.481 e. The Morgan fingerprint density at radius 1 is 1.14 bits per heavy atom. The summed E-state index contributed by atoms with van der Waals surface area (Å²) in [7, 11) is 0. The first-order valence-corrected chi connectivity index (χ1v) is 11.6. The SMILES string of the molecule is C[C@H](CC(=O)O)CC(=O)Nc1sc2c(c1C(=O)NC1CCCCC1)CC[C@H](C)C2. The summed E-state index contributed by atoms with van der Waals surface area (Å²) in [4.78, 5) is 37.7. The molecule has 7 heteroatoms. The van der Waals surface area contributed by atoms with E-state index in [4.69, 9.17) is 5.11 Å². The minimum atomic E-state index is -0.904. The highest BCUT2D eigenvalue weighted by Gasteiger charge is 2.29. The monoisotopic (exact) mass is 420 g/mol. The van der Waals surface area contributed by atoms with Gasteiger partial charge in [0.15, 0.2) is 0 Å². The van der Waals surface area contributed by atoms with Gasteiger partial charge in [-0.15, -0.1) is 11.3 Å². The molecular formula is C22H32N2O4S. The first-order chi connectivity index (χ1) is 13.8. The number of aliphatic carboxylic acids is 1. The second-order valence-corrected chi connectivity index (χ2v) is 9.92. The van der Waals surface area contributed by atoms with Crippen molar-refractivity contribution in [1.82, 2.24) is 5.32 Å². The van der Waals surface area contributed by atoms with Gasteiger partial charge in [0.25, 0.3) is 5.91 Å². The van der Waals surface area contributed by atoms with Gasteiger partial charge in [-0.25, -0.2) is 0 Å². The van der Waals surface area contributed by atoms with E-state index in [0.29, 0.717) is 16.5 Å². The average molecular weight is 421 g/mol. The molecule has 0 aliphatic heterocycles. The van der Waals surface area contributed by atoms with Crippen LogP contribution in [0.5, 0.6) is 0 Å². The highest BCUT2D eigenvalue weighted by atomic mass is 32.1. The Bertz CT molecular complexity index is 767. The van der Waals surface area contributed by atoms with Gasteiger partial charge in [-0.1, -0.05) is 33.1 Å². The summed E-state index contributed by atoms with van der Waals surface area (Å²) in [6.07, 6.45) is 8.51. The van der Waals surface area contributed by atoms with Gasteiger partial charge >= 0.3 is 5.97 Å². The minimum absolute atomic E-state index is 0.0408.